The van der Waals surface area contributed by atoms with Crippen LogP contribution in [0.3, 0.4) is 0 Å². The number of anilines is 1. The van der Waals surface area contributed by atoms with E-state index in [0.717, 1.165) is 49.6 Å². The first-order valence-corrected chi connectivity index (χ1v) is 11.7. The minimum Gasteiger partial charge on any atom is -0.338 e. The molecule has 1 saturated heterocycles. The number of halogens is 1. The Kier molecular flexibility index (Phi) is 7.73. The van der Waals surface area contributed by atoms with Crippen molar-refractivity contribution >= 4 is 11.7 Å². The molecule has 174 valence electrons. The largest absolute Gasteiger partial charge is 0.338 e. The molecule has 4 rings (SSSR count). The van der Waals surface area contributed by atoms with Gasteiger partial charge in [0, 0.05) is 43.8 Å². The molecule has 0 radical (unpaired) electrons. The number of hydrogen-bond acceptors (Lipinski definition) is 3. The number of benzene rings is 2. The fourth-order valence-corrected chi connectivity index (χ4v) is 4.53. The predicted octanol–water partition coefficient (Wildman–Crippen LogP) is 4.69. The lowest BCUT2D eigenvalue weighted by Crippen LogP contribution is -2.38. The summed E-state index contributed by atoms with van der Waals surface area (Å²) in [6.45, 7) is 3.76. The van der Waals surface area contributed by atoms with Crippen LogP contribution < -0.4 is 10.6 Å². The van der Waals surface area contributed by atoms with Crippen molar-refractivity contribution in [1.82, 2.24) is 19.8 Å². The molecular formula is C26H32FN5O. The maximum absolute atomic E-state index is 13.1. The Balaban J connectivity index is 1.17. The van der Waals surface area contributed by atoms with E-state index < -0.39 is 0 Å². The van der Waals surface area contributed by atoms with Gasteiger partial charge in [-0.15, -0.1) is 0 Å². The average Bonchev–Trinajstić information content (AvgIpc) is 3.25. The number of hydrogen-bond donors (Lipinski definition) is 2. The van der Waals surface area contributed by atoms with Gasteiger partial charge in [-0.25, -0.2) is 14.2 Å². The number of rotatable bonds is 8. The third-order valence-electron chi connectivity index (χ3n) is 6.18. The molecule has 0 spiro atoms. The number of piperidine rings is 1. The number of urea groups is 1. The summed E-state index contributed by atoms with van der Waals surface area (Å²) in [6, 6.07) is 14.4. The first kappa shape index (κ1) is 23.0. The molecule has 2 N–H and O–H groups in total. The number of nitrogens with one attached hydrogen (secondary N) is 2. The number of nitrogens with zero attached hydrogens (tertiary/aromatic N) is 3. The highest BCUT2D eigenvalue weighted by atomic mass is 19.1. The van der Waals surface area contributed by atoms with E-state index in [0.29, 0.717) is 12.5 Å². The summed E-state index contributed by atoms with van der Waals surface area (Å²) in [4.78, 5) is 19.2. The quantitative estimate of drug-likeness (QED) is 0.491. The second kappa shape index (κ2) is 11.1. The summed E-state index contributed by atoms with van der Waals surface area (Å²) in [5.41, 5.74) is 2.90. The van der Waals surface area contributed by atoms with Crippen molar-refractivity contribution < 1.29 is 9.18 Å². The fourth-order valence-electron chi connectivity index (χ4n) is 4.53. The summed E-state index contributed by atoms with van der Waals surface area (Å²) in [7, 11) is 1.95. The minimum absolute atomic E-state index is 0.179. The highest BCUT2D eigenvalue weighted by molar-refractivity contribution is 5.89. The van der Waals surface area contributed by atoms with E-state index in [2.05, 4.69) is 20.5 Å². The van der Waals surface area contributed by atoms with Crippen LogP contribution in [0.25, 0.3) is 11.4 Å². The number of aryl methyl sites for hydroxylation is 1. The third kappa shape index (κ3) is 6.65. The van der Waals surface area contributed by atoms with Gasteiger partial charge in [-0.2, -0.15) is 0 Å². The Morgan fingerprint density at radius 2 is 2.06 bits per heavy atom. The summed E-state index contributed by atoms with van der Waals surface area (Å²) < 4.78 is 15.1. The molecule has 6 nitrogen and oxygen atoms in total. The maximum atomic E-state index is 13.1. The Labute approximate surface area is 194 Å². The highest BCUT2D eigenvalue weighted by Gasteiger charge is 2.20. The predicted molar refractivity (Wildman–Crippen MR) is 130 cm³/mol. The van der Waals surface area contributed by atoms with Gasteiger partial charge in [0.1, 0.15) is 11.6 Å². The van der Waals surface area contributed by atoms with Crippen LogP contribution in [-0.2, 0) is 13.5 Å². The lowest BCUT2D eigenvalue weighted by atomic mass is 9.91. The lowest BCUT2D eigenvalue weighted by Gasteiger charge is -2.32. The molecule has 2 amide bonds. The van der Waals surface area contributed by atoms with Crippen LogP contribution in [0.1, 0.15) is 24.8 Å². The zero-order valence-corrected chi connectivity index (χ0v) is 19.1. The lowest BCUT2D eigenvalue weighted by molar-refractivity contribution is 0.172. The Bertz CT molecular complexity index is 1050. The maximum Gasteiger partial charge on any atom is 0.319 e. The van der Waals surface area contributed by atoms with Crippen LogP contribution in [-0.4, -0.2) is 46.7 Å². The van der Waals surface area contributed by atoms with Crippen LogP contribution in [0.15, 0.2) is 60.9 Å². The molecule has 0 saturated carbocycles. The van der Waals surface area contributed by atoms with E-state index in [1.165, 1.54) is 18.4 Å². The zero-order valence-electron chi connectivity index (χ0n) is 19.1. The number of likely N-dealkylation sites (tertiary alicyclic amines) is 1. The molecule has 7 heteroatoms. The topological polar surface area (TPSA) is 62.2 Å². The van der Waals surface area contributed by atoms with Gasteiger partial charge < -0.3 is 20.1 Å². The number of amides is 2. The van der Waals surface area contributed by atoms with Crippen molar-refractivity contribution in [2.75, 3.05) is 31.5 Å². The van der Waals surface area contributed by atoms with Crippen LogP contribution in [0.4, 0.5) is 14.9 Å². The van der Waals surface area contributed by atoms with Gasteiger partial charge >= 0.3 is 6.03 Å². The van der Waals surface area contributed by atoms with Crippen molar-refractivity contribution in [3.05, 3.63) is 72.3 Å². The molecule has 1 fully saturated rings. The van der Waals surface area contributed by atoms with E-state index >= 15 is 0 Å². The summed E-state index contributed by atoms with van der Waals surface area (Å²) in [5.74, 6) is 1.28. The van der Waals surface area contributed by atoms with Gasteiger partial charge in [0.2, 0.25) is 0 Å². The third-order valence-corrected chi connectivity index (χ3v) is 6.18. The summed E-state index contributed by atoms with van der Waals surface area (Å²) in [5, 5.41) is 5.87. The minimum atomic E-state index is -0.195. The molecule has 2 aromatic carbocycles. The van der Waals surface area contributed by atoms with E-state index in [1.807, 2.05) is 54.2 Å². The molecule has 3 aromatic rings. The molecule has 2 heterocycles. The average molecular weight is 450 g/mol. The van der Waals surface area contributed by atoms with Crippen LogP contribution in [0, 0.1) is 11.7 Å². The number of carbonyl (C=O) groups excluding carboxylic acids is 1. The molecule has 1 aliphatic rings. The van der Waals surface area contributed by atoms with Crippen LogP contribution in [0.2, 0.25) is 0 Å². The van der Waals surface area contributed by atoms with Crippen LogP contribution >= 0.6 is 0 Å². The highest BCUT2D eigenvalue weighted by Crippen LogP contribution is 2.22. The number of carbonyl (C=O) groups is 1. The fraction of sp³-hybridized carbons (Fsp3) is 0.385. The van der Waals surface area contributed by atoms with Gasteiger partial charge in [-0.3, -0.25) is 0 Å². The monoisotopic (exact) mass is 449 g/mol. The molecule has 1 aliphatic heterocycles. The molecule has 1 atom stereocenters. The molecule has 33 heavy (non-hydrogen) atoms. The summed E-state index contributed by atoms with van der Waals surface area (Å²) in [6.07, 6.45) is 7.96. The van der Waals surface area contributed by atoms with Gasteiger partial charge in [0.05, 0.1) is 0 Å². The number of aromatic nitrogens is 2. The molecule has 0 aliphatic carbocycles. The Morgan fingerprint density at radius 1 is 1.21 bits per heavy atom. The van der Waals surface area contributed by atoms with Crippen molar-refractivity contribution in [2.24, 2.45) is 13.0 Å². The zero-order chi connectivity index (χ0) is 23.0. The first-order valence-electron chi connectivity index (χ1n) is 11.7. The summed E-state index contributed by atoms with van der Waals surface area (Å²) >= 11 is 0. The van der Waals surface area contributed by atoms with E-state index in [1.54, 1.807) is 18.3 Å². The van der Waals surface area contributed by atoms with E-state index in [-0.39, 0.29) is 11.8 Å². The number of imidazole rings is 1. The Morgan fingerprint density at radius 3 is 2.85 bits per heavy atom. The van der Waals surface area contributed by atoms with Crippen molar-refractivity contribution in [2.45, 2.75) is 25.7 Å². The molecule has 0 bridgehead atoms. The second-order valence-corrected chi connectivity index (χ2v) is 8.82. The standard InChI is InChI=1S/C26H32FN5O/c1-31-16-13-28-25(31)22-6-2-7-24(18-22)30-26(33)29-12-4-15-32-14-3-5-21(19-32)17-20-8-10-23(27)11-9-20/h2,6-11,13,16,18,21H,3-5,12,14-15,17,19H2,1H3,(H2,29,30,33)/t21-/m0/s1. The SMILES string of the molecule is Cn1ccnc1-c1cccc(NC(=O)NCCCN2CCC[C@@H](Cc3ccc(F)cc3)C2)c1. The first-order chi connectivity index (χ1) is 16.1. The Hall–Kier alpha value is -3.19. The van der Waals surface area contributed by atoms with Crippen molar-refractivity contribution in [1.29, 1.82) is 0 Å². The molecular weight excluding hydrogens is 417 g/mol. The normalized spacial score (nSPS) is 16.5. The van der Waals surface area contributed by atoms with Crippen molar-refractivity contribution in [3.63, 3.8) is 0 Å². The van der Waals surface area contributed by atoms with Crippen molar-refractivity contribution in [3.8, 4) is 11.4 Å². The molecule has 1 aromatic heterocycles. The second-order valence-electron chi connectivity index (χ2n) is 8.82. The smallest absolute Gasteiger partial charge is 0.319 e. The van der Waals surface area contributed by atoms with Gasteiger partial charge in [0.25, 0.3) is 0 Å². The van der Waals surface area contributed by atoms with E-state index in [9.17, 15) is 9.18 Å². The van der Waals surface area contributed by atoms with Gasteiger partial charge in [-0.1, -0.05) is 24.3 Å². The molecule has 0 unspecified atom stereocenters. The van der Waals surface area contributed by atoms with Gasteiger partial charge in [-0.05, 0) is 74.5 Å². The van der Waals surface area contributed by atoms with Crippen LogP contribution in [0.5, 0.6) is 0 Å². The van der Waals surface area contributed by atoms with E-state index in [4.69, 9.17) is 0 Å². The van der Waals surface area contributed by atoms with Gasteiger partial charge in [0.15, 0.2) is 0 Å².